The maximum Gasteiger partial charge on any atom is 0.503 e. The molecule has 0 aromatic heterocycles. The zero-order chi connectivity index (χ0) is 3.58. The number of carbonyl (C=O) groups is 1. The van der Waals surface area contributed by atoms with E-state index in [4.69, 9.17) is 15.0 Å². The van der Waals surface area contributed by atoms with Crippen LogP contribution in [0.3, 0.4) is 0 Å². The van der Waals surface area contributed by atoms with E-state index >= 15 is 0 Å². The third kappa shape index (κ3) is 3930. The predicted molar refractivity (Wildman–Crippen MR) is 15.7 cm³/mol. The average molecular weight is 258 g/mol. The molecule has 0 saturated carbocycles. The first-order chi connectivity index (χ1) is 1.73. The van der Waals surface area contributed by atoms with E-state index in [1.165, 1.54) is 0 Å². The van der Waals surface area contributed by atoms with E-state index in [1.54, 1.807) is 0 Å². The molecule has 0 saturated heterocycles. The number of rotatable bonds is 0. The zero-order valence-corrected chi connectivity index (χ0v) is 6.60. The van der Waals surface area contributed by atoms with Gasteiger partial charge in [0.1, 0.15) is 0 Å². The molecule has 0 unspecified atom stereocenters. The average Bonchev–Trinajstić information content (AvgIpc) is 0.811. The van der Waals surface area contributed by atoms with Crippen LogP contribution in [0.4, 0.5) is 4.79 Å². The van der Waals surface area contributed by atoms with Gasteiger partial charge in [-0.1, -0.05) is 0 Å². The molecule has 0 aromatic rings. The predicted octanol–water partition coefficient (Wildman–Crippen LogP) is 0.382. The second-order valence-corrected chi connectivity index (χ2v) is 0.283. The largest absolute Gasteiger partial charge is 0.503 e. The summed E-state index contributed by atoms with van der Waals surface area (Å²) in [5.74, 6) is 0. The Morgan fingerprint density at radius 2 is 1.33 bits per heavy atom. The Kier molecular flexibility index (Phi) is 24.5. The Morgan fingerprint density at radius 3 is 1.33 bits per heavy atom. The van der Waals surface area contributed by atoms with E-state index in [0.717, 1.165) is 0 Å². The molecule has 0 radical (unpaired) electrons. The Balaban J connectivity index is -0.0000000450. The van der Waals surface area contributed by atoms with Crippen LogP contribution in [0.5, 0.6) is 0 Å². The third-order valence-corrected chi connectivity index (χ3v) is 0. The van der Waals surface area contributed by atoms with Crippen molar-refractivity contribution in [2.24, 2.45) is 0 Å². The summed E-state index contributed by atoms with van der Waals surface area (Å²) >= 11 is 0. The van der Waals surface area contributed by atoms with Crippen molar-refractivity contribution >= 4 is 6.16 Å². The van der Waals surface area contributed by atoms with Crippen LogP contribution in [0, 0.1) is 0 Å². The molecule has 0 heterocycles. The Labute approximate surface area is 53.5 Å². The first-order valence-corrected chi connectivity index (χ1v) is 0.651. The first-order valence-electron chi connectivity index (χ1n) is 0.651. The summed E-state index contributed by atoms with van der Waals surface area (Å²) in [5, 5.41) is 13.9. The van der Waals surface area contributed by atoms with Gasteiger partial charge < -0.3 is 16.4 Å². The summed E-state index contributed by atoms with van der Waals surface area (Å²) in [7, 11) is 0. The van der Waals surface area contributed by atoms with Gasteiger partial charge in [0.25, 0.3) is 0 Å². The van der Waals surface area contributed by atoms with Crippen molar-refractivity contribution in [3.8, 4) is 0 Å². The molecule has 4 nitrogen and oxygen atoms in total. The van der Waals surface area contributed by atoms with E-state index in [1.807, 2.05) is 0 Å². The molecule has 5 heteroatoms. The SMILES string of the molecule is N.O=C(O)O.[Hf]. The van der Waals surface area contributed by atoms with Crippen LogP contribution in [0.15, 0.2) is 0 Å². The Bertz CT molecular complexity index is 33.8. The molecule has 0 aliphatic rings. The smallest absolute Gasteiger partial charge is 0.450 e. The van der Waals surface area contributed by atoms with Crippen LogP contribution in [0.1, 0.15) is 0 Å². The summed E-state index contributed by atoms with van der Waals surface area (Å²) in [4.78, 5) is 8.56. The second-order valence-electron chi connectivity index (χ2n) is 0.283. The van der Waals surface area contributed by atoms with Crippen molar-refractivity contribution < 1.29 is 40.9 Å². The summed E-state index contributed by atoms with van der Waals surface area (Å²) in [6, 6.07) is 0. The van der Waals surface area contributed by atoms with E-state index in [9.17, 15) is 0 Å². The molecule has 0 amide bonds. The molecule has 0 bridgehead atoms. The maximum absolute atomic E-state index is 8.56. The molecule has 5 N–H and O–H groups in total. The fraction of sp³-hybridized carbons (Fsp3) is 0. The van der Waals surface area contributed by atoms with Crippen molar-refractivity contribution in [2.75, 3.05) is 0 Å². The van der Waals surface area contributed by atoms with Crippen LogP contribution >= 0.6 is 0 Å². The number of hydrogen-bond donors (Lipinski definition) is 3. The minimum absolute atomic E-state index is 0. The van der Waals surface area contributed by atoms with Crippen LogP contribution < -0.4 is 6.15 Å². The van der Waals surface area contributed by atoms with Crippen molar-refractivity contribution in [3.63, 3.8) is 0 Å². The van der Waals surface area contributed by atoms with Gasteiger partial charge in [0.05, 0.1) is 0 Å². The van der Waals surface area contributed by atoms with Gasteiger partial charge in [0.2, 0.25) is 0 Å². The van der Waals surface area contributed by atoms with Gasteiger partial charge in [0, 0.05) is 25.8 Å². The monoisotopic (exact) mass is 259 g/mol. The van der Waals surface area contributed by atoms with Crippen molar-refractivity contribution in [1.82, 2.24) is 6.15 Å². The maximum atomic E-state index is 8.56. The van der Waals surface area contributed by atoms with Crippen LogP contribution in [-0.2, 0) is 25.8 Å². The molecule has 0 spiro atoms. The molecule has 0 rings (SSSR count). The van der Waals surface area contributed by atoms with E-state index in [0.29, 0.717) is 0 Å². The normalized spacial score (nSPS) is 4.00. The number of carboxylic acid groups (broad SMARTS) is 2. The van der Waals surface area contributed by atoms with Gasteiger partial charge in [-0.15, -0.1) is 0 Å². The summed E-state index contributed by atoms with van der Waals surface area (Å²) in [5.41, 5.74) is 0. The van der Waals surface area contributed by atoms with E-state index in [2.05, 4.69) is 0 Å². The standard InChI is InChI=1S/CH2O3.Hf.H3N/c2-1(3)4;;/h(H2,2,3,4);;1H3. The van der Waals surface area contributed by atoms with Crippen LogP contribution in [-0.4, -0.2) is 16.4 Å². The summed E-state index contributed by atoms with van der Waals surface area (Å²) in [6.07, 6.45) is -1.83. The molecule has 0 aliphatic carbocycles. The summed E-state index contributed by atoms with van der Waals surface area (Å²) in [6.45, 7) is 0. The van der Waals surface area contributed by atoms with Crippen molar-refractivity contribution in [1.29, 1.82) is 0 Å². The second kappa shape index (κ2) is 8.92. The molecule has 6 heavy (non-hydrogen) atoms. The van der Waals surface area contributed by atoms with Gasteiger partial charge in [-0.3, -0.25) is 0 Å². The molecular formula is CH5HfNO3. The molecule has 0 atom stereocenters. The first kappa shape index (κ1) is 16.5. The van der Waals surface area contributed by atoms with Gasteiger partial charge >= 0.3 is 6.16 Å². The molecule has 0 aromatic carbocycles. The minimum Gasteiger partial charge on any atom is -0.450 e. The molecular weight excluding hydrogens is 253 g/mol. The fourth-order valence-electron chi connectivity index (χ4n) is 0. The molecule has 0 fully saturated rings. The van der Waals surface area contributed by atoms with Crippen molar-refractivity contribution in [3.05, 3.63) is 0 Å². The topological polar surface area (TPSA) is 92.5 Å². The molecule has 0 aliphatic heterocycles. The van der Waals surface area contributed by atoms with Gasteiger partial charge in [-0.05, 0) is 0 Å². The van der Waals surface area contributed by atoms with Gasteiger partial charge in [0.15, 0.2) is 0 Å². The Hall–Kier alpha value is 0.100. The van der Waals surface area contributed by atoms with Crippen LogP contribution in [0.25, 0.3) is 0 Å². The van der Waals surface area contributed by atoms with Crippen LogP contribution in [0.2, 0.25) is 0 Å². The zero-order valence-electron chi connectivity index (χ0n) is 3.01. The molecule has 36 valence electrons. The number of hydrogen-bond acceptors (Lipinski definition) is 2. The minimum atomic E-state index is -1.83. The fourth-order valence-corrected chi connectivity index (χ4v) is 0. The van der Waals surface area contributed by atoms with E-state index in [-0.39, 0.29) is 32.0 Å². The summed E-state index contributed by atoms with van der Waals surface area (Å²) < 4.78 is 0. The Morgan fingerprint density at radius 1 is 1.33 bits per heavy atom. The quantitative estimate of drug-likeness (QED) is 0.547. The third-order valence-electron chi connectivity index (χ3n) is 0. The van der Waals surface area contributed by atoms with Gasteiger partial charge in [-0.2, -0.15) is 0 Å². The van der Waals surface area contributed by atoms with Gasteiger partial charge in [-0.25, -0.2) is 4.79 Å². The van der Waals surface area contributed by atoms with E-state index < -0.39 is 6.16 Å². The van der Waals surface area contributed by atoms with Crippen molar-refractivity contribution in [2.45, 2.75) is 0 Å².